The first-order valence-corrected chi connectivity index (χ1v) is 15.2. The summed E-state index contributed by atoms with van der Waals surface area (Å²) in [7, 11) is 0. The molecule has 1 heteroatoms. The Kier molecular flexibility index (Phi) is 2.50. The van der Waals surface area contributed by atoms with Gasteiger partial charge in [-0.3, -0.25) is 0 Å². The van der Waals surface area contributed by atoms with E-state index in [1.165, 1.54) is 0 Å². The van der Waals surface area contributed by atoms with Gasteiger partial charge in [0.15, 0.2) is 0 Å². The Balaban J connectivity index is 1.45. The number of furan rings is 1. The average molecular weight is 677 g/mol. The summed E-state index contributed by atoms with van der Waals surface area (Å²) in [5.74, 6) is 0. The highest BCUT2D eigenvalue weighted by molar-refractivity contribution is 6.25. The lowest BCUT2D eigenvalue weighted by Crippen LogP contribution is -1.92. The van der Waals surface area contributed by atoms with Crippen molar-refractivity contribution in [3.8, 4) is 33.4 Å². The molecule has 1 aromatic heterocycles. The summed E-state index contributed by atoms with van der Waals surface area (Å²) in [5, 5.41) is -8.10. The molecule has 0 spiro atoms. The van der Waals surface area contributed by atoms with Crippen molar-refractivity contribution in [3.05, 3.63) is 181 Å². The Morgan fingerprint density at radius 2 is 0.863 bits per heavy atom. The second kappa shape index (κ2) is 10.9. The van der Waals surface area contributed by atoms with Crippen molar-refractivity contribution in [2.45, 2.75) is 0 Å². The van der Waals surface area contributed by atoms with Crippen LogP contribution in [0.1, 0.15) is 41.1 Å². The van der Waals surface area contributed by atoms with Crippen molar-refractivity contribution >= 4 is 75.8 Å². The standard InChI is InChI=1S/C50H30O/c1-2-14-33-30-34(27-26-31(33)12-1)47-41-16-5-7-18-43(41)48(44-19-8-6-17-42(44)47)39-23-10-20-36-37(39)21-9-22-38(36)40-24-11-25-46-49(40)45-29-28-32-13-3-4-15-35(32)50(45)51-46/h1-30H/i1D,2D,3D,4D,5D,6D,7D,8D,9D,10D,11D,12D,13D,14D,15D,16D,17D,18D,19D,20D,21D,22D,23D,24D,25D,26D,27D,28D,29D,30D. The van der Waals surface area contributed by atoms with E-state index in [1.54, 1.807) is 0 Å². The summed E-state index contributed by atoms with van der Waals surface area (Å²) in [6.45, 7) is 0. The van der Waals surface area contributed by atoms with Crippen molar-refractivity contribution in [1.82, 2.24) is 0 Å². The van der Waals surface area contributed by atoms with Crippen LogP contribution in [0.5, 0.6) is 0 Å². The van der Waals surface area contributed by atoms with E-state index in [9.17, 15) is 19.2 Å². The maximum absolute atomic E-state index is 9.69. The minimum absolute atomic E-state index is 0.468. The monoisotopic (exact) mass is 676 g/mol. The third-order valence-electron chi connectivity index (χ3n) is 8.62. The molecule has 0 atom stereocenters. The van der Waals surface area contributed by atoms with Crippen LogP contribution in [0.3, 0.4) is 0 Å². The van der Waals surface area contributed by atoms with Gasteiger partial charge in [-0.05, 0) is 100.0 Å². The van der Waals surface area contributed by atoms with Crippen LogP contribution in [-0.4, -0.2) is 0 Å². The highest BCUT2D eigenvalue weighted by Crippen LogP contribution is 2.47. The van der Waals surface area contributed by atoms with E-state index in [2.05, 4.69) is 0 Å². The molecular formula is C50H30O. The zero-order valence-electron chi connectivity index (χ0n) is 55.4. The van der Waals surface area contributed by atoms with Gasteiger partial charge in [0.05, 0.1) is 41.1 Å². The molecule has 0 aliphatic rings. The summed E-state index contributed by atoms with van der Waals surface area (Å²) < 4.78 is 280. The van der Waals surface area contributed by atoms with Crippen molar-refractivity contribution in [2.75, 3.05) is 0 Å². The van der Waals surface area contributed by atoms with Gasteiger partial charge in [0, 0.05) is 16.2 Å². The molecule has 0 saturated carbocycles. The SMILES string of the molecule is [2H]c1c([2H])c(-c2c([2H])c([2H])c([2H])c3c(-c4c5c([2H])c([2H])c([2H])c([2H])c5c(-c5c([2H])c([2H])c6c([2H])c([2H])c([2H])c([2H])c6c5[2H])c5c([2H])c([2H])c([2H])c([2H])c45)c([2H])c([2H])c([2H])c23)c2c(oc3c4c([2H])c([2H])c([2H])c([2H])c4c([2H])c([2H])c32)c1[2H]. The third kappa shape index (κ3) is 4.16. The maximum Gasteiger partial charge on any atom is 0.143 e. The summed E-state index contributed by atoms with van der Waals surface area (Å²) in [6, 6.07) is -28.7. The Bertz CT molecular complexity index is 4850. The lowest BCUT2D eigenvalue weighted by atomic mass is 9.83. The summed E-state index contributed by atoms with van der Waals surface area (Å²) in [5.41, 5.74) is -6.00. The molecule has 0 aliphatic carbocycles. The second-order valence-electron chi connectivity index (χ2n) is 11.3. The van der Waals surface area contributed by atoms with E-state index in [0.717, 1.165) is 0 Å². The van der Waals surface area contributed by atoms with Gasteiger partial charge in [-0.1, -0.05) is 163 Å². The first-order chi connectivity index (χ1) is 37.8. The van der Waals surface area contributed by atoms with Crippen LogP contribution in [0.25, 0.3) is 109 Å². The third-order valence-corrected chi connectivity index (χ3v) is 8.62. The van der Waals surface area contributed by atoms with E-state index in [1.807, 2.05) is 0 Å². The first kappa shape index (κ1) is 11.7. The van der Waals surface area contributed by atoms with Crippen LogP contribution in [0.4, 0.5) is 0 Å². The van der Waals surface area contributed by atoms with Crippen LogP contribution in [0.15, 0.2) is 186 Å². The zero-order valence-corrected chi connectivity index (χ0v) is 25.4. The van der Waals surface area contributed by atoms with Crippen LogP contribution < -0.4 is 0 Å². The minimum atomic E-state index is -1.12. The highest BCUT2D eigenvalue weighted by atomic mass is 16.3. The fourth-order valence-corrected chi connectivity index (χ4v) is 6.50. The number of hydrogen-bond acceptors (Lipinski definition) is 1. The van der Waals surface area contributed by atoms with Gasteiger partial charge < -0.3 is 4.42 Å². The Hall–Kier alpha value is -6.70. The van der Waals surface area contributed by atoms with Gasteiger partial charge in [0.25, 0.3) is 0 Å². The molecule has 11 aromatic rings. The molecule has 0 aliphatic heterocycles. The molecule has 1 nitrogen and oxygen atoms in total. The summed E-state index contributed by atoms with van der Waals surface area (Å²) in [4.78, 5) is 0. The lowest BCUT2D eigenvalue weighted by Gasteiger charge is -2.19. The lowest BCUT2D eigenvalue weighted by molar-refractivity contribution is 0.673. The van der Waals surface area contributed by atoms with Gasteiger partial charge >= 0.3 is 0 Å². The van der Waals surface area contributed by atoms with Gasteiger partial charge in [-0.25, -0.2) is 0 Å². The molecule has 0 saturated heterocycles. The van der Waals surface area contributed by atoms with E-state index in [4.69, 9.17) is 26.3 Å². The fraction of sp³-hybridized carbons (Fsp3) is 0. The second-order valence-corrected chi connectivity index (χ2v) is 11.3. The average Bonchev–Trinajstić information content (AvgIpc) is 3.80. The molecule has 0 N–H and O–H groups in total. The molecule has 1 heterocycles. The Morgan fingerprint density at radius 3 is 1.61 bits per heavy atom. The molecule has 0 bridgehead atoms. The normalized spacial score (nSPS) is 20.2. The van der Waals surface area contributed by atoms with E-state index < -0.39 is 290 Å². The maximum atomic E-state index is 9.69. The molecule has 10 aromatic carbocycles. The smallest absolute Gasteiger partial charge is 0.143 e. The summed E-state index contributed by atoms with van der Waals surface area (Å²) in [6.07, 6.45) is 0. The molecule has 11 rings (SSSR count). The van der Waals surface area contributed by atoms with Crippen molar-refractivity contribution in [2.24, 2.45) is 0 Å². The number of rotatable bonds is 3. The van der Waals surface area contributed by atoms with E-state index >= 15 is 0 Å². The zero-order chi connectivity index (χ0) is 59.6. The predicted molar refractivity (Wildman–Crippen MR) is 218 cm³/mol. The number of hydrogen-bond donors (Lipinski definition) is 0. The van der Waals surface area contributed by atoms with Gasteiger partial charge in [0.1, 0.15) is 11.2 Å². The topological polar surface area (TPSA) is 13.1 Å². The van der Waals surface area contributed by atoms with Crippen LogP contribution in [0, 0.1) is 0 Å². The molecule has 51 heavy (non-hydrogen) atoms. The van der Waals surface area contributed by atoms with Crippen LogP contribution in [0.2, 0.25) is 0 Å². The quantitative estimate of drug-likeness (QED) is 0.170. The molecule has 0 fully saturated rings. The van der Waals surface area contributed by atoms with Crippen LogP contribution >= 0.6 is 0 Å². The first-order valence-electron chi connectivity index (χ1n) is 30.2. The van der Waals surface area contributed by atoms with Crippen molar-refractivity contribution < 1.29 is 45.5 Å². The minimum Gasteiger partial charge on any atom is -0.455 e. The van der Waals surface area contributed by atoms with E-state index in [-0.39, 0.29) is 0 Å². The Morgan fingerprint density at radius 1 is 0.333 bits per heavy atom. The largest absolute Gasteiger partial charge is 0.455 e. The predicted octanol–water partition coefficient (Wildman–Crippen LogP) is 14.4. The Labute approximate surface area is 336 Å². The van der Waals surface area contributed by atoms with E-state index in [0.29, 0.717) is 0 Å². The number of fused-ring (bicyclic) bond motifs is 9. The molecule has 0 amide bonds. The molecule has 236 valence electrons. The summed E-state index contributed by atoms with van der Waals surface area (Å²) >= 11 is 0. The number of benzene rings is 10. The molecule has 0 unspecified atom stereocenters. The van der Waals surface area contributed by atoms with Gasteiger partial charge in [-0.15, -0.1) is 0 Å². The highest BCUT2D eigenvalue weighted by Gasteiger charge is 2.20. The molecule has 0 radical (unpaired) electrons. The fourth-order valence-electron chi connectivity index (χ4n) is 6.50. The van der Waals surface area contributed by atoms with Gasteiger partial charge in [0.2, 0.25) is 0 Å². The molecular weight excluding hydrogens is 617 g/mol. The van der Waals surface area contributed by atoms with Crippen LogP contribution in [-0.2, 0) is 0 Å². The van der Waals surface area contributed by atoms with Gasteiger partial charge in [-0.2, -0.15) is 0 Å². The van der Waals surface area contributed by atoms with Crippen molar-refractivity contribution in [3.63, 3.8) is 0 Å². The van der Waals surface area contributed by atoms with Crippen molar-refractivity contribution in [1.29, 1.82) is 0 Å².